The molecule has 0 aliphatic heterocycles. The number of hydrogen-bond donors (Lipinski definition) is 1. The standard InChI is InChI=1S/C16H17F3N2O2S/c17-14-10-13(11-15(18)16(14)19)24(22,23)21(9-7-20)8-6-12-4-2-1-3-5-12/h1-5,10-11H,6-9,20H2. The summed E-state index contributed by atoms with van der Waals surface area (Å²) in [5, 5.41) is 0. The van der Waals surface area contributed by atoms with Crippen molar-refractivity contribution in [2.24, 2.45) is 5.73 Å². The van der Waals surface area contributed by atoms with Crippen LogP contribution >= 0.6 is 0 Å². The van der Waals surface area contributed by atoms with Gasteiger partial charge in [0.05, 0.1) is 4.90 Å². The molecule has 2 rings (SSSR count). The van der Waals surface area contributed by atoms with Gasteiger partial charge in [0.2, 0.25) is 10.0 Å². The van der Waals surface area contributed by atoms with E-state index in [0.717, 1.165) is 9.87 Å². The van der Waals surface area contributed by atoms with Gasteiger partial charge in [-0.2, -0.15) is 4.31 Å². The van der Waals surface area contributed by atoms with E-state index in [0.29, 0.717) is 18.6 Å². The van der Waals surface area contributed by atoms with Crippen LogP contribution in [-0.2, 0) is 16.4 Å². The van der Waals surface area contributed by atoms with Crippen LogP contribution < -0.4 is 5.73 Å². The summed E-state index contributed by atoms with van der Waals surface area (Å²) >= 11 is 0. The summed E-state index contributed by atoms with van der Waals surface area (Å²) in [4.78, 5) is -0.639. The number of hydrogen-bond acceptors (Lipinski definition) is 3. The van der Waals surface area contributed by atoms with Gasteiger partial charge in [0.15, 0.2) is 17.5 Å². The average molecular weight is 358 g/mol. The van der Waals surface area contributed by atoms with Crippen molar-refractivity contribution in [1.29, 1.82) is 0 Å². The van der Waals surface area contributed by atoms with Crippen LogP contribution in [0.3, 0.4) is 0 Å². The summed E-state index contributed by atoms with van der Waals surface area (Å²) in [6, 6.07) is 10.1. The molecule has 2 N–H and O–H groups in total. The van der Waals surface area contributed by atoms with Crippen LogP contribution in [0, 0.1) is 17.5 Å². The minimum Gasteiger partial charge on any atom is -0.329 e. The molecular weight excluding hydrogens is 341 g/mol. The molecule has 0 fully saturated rings. The van der Waals surface area contributed by atoms with Crippen molar-refractivity contribution in [3.8, 4) is 0 Å². The molecule has 0 spiro atoms. The lowest BCUT2D eigenvalue weighted by molar-refractivity contribution is 0.416. The smallest absolute Gasteiger partial charge is 0.243 e. The molecular formula is C16H17F3N2O2S. The van der Waals surface area contributed by atoms with Crippen molar-refractivity contribution >= 4 is 10.0 Å². The Morgan fingerprint density at radius 3 is 2.08 bits per heavy atom. The summed E-state index contributed by atoms with van der Waals surface area (Å²) in [5.74, 6) is -4.81. The van der Waals surface area contributed by atoms with Crippen LogP contribution in [0.25, 0.3) is 0 Å². The molecule has 0 radical (unpaired) electrons. The summed E-state index contributed by atoms with van der Waals surface area (Å²) in [6.07, 6.45) is 0.409. The molecule has 0 saturated carbocycles. The molecule has 0 bridgehead atoms. The Kier molecular flexibility index (Phi) is 5.98. The number of nitrogens with two attached hydrogens (primary N) is 1. The number of sulfonamides is 1. The third-order valence-electron chi connectivity index (χ3n) is 3.47. The molecule has 0 heterocycles. The molecule has 0 aliphatic carbocycles. The van der Waals surface area contributed by atoms with Gasteiger partial charge in [-0.05, 0) is 24.1 Å². The number of benzene rings is 2. The molecule has 2 aromatic carbocycles. The molecule has 0 aromatic heterocycles. The highest BCUT2D eigenvalue weighted by Gasteiger charge is 2.26. The van der Waals surface area contributed by atoms with Gasteiger partial charge in [0.25, 0.3) is 0 Å². The maximum Gasteiger partial charge on any atom is 0.243 e. The molecule has 130 valence electrons. The highest BCUT2D eigenvalue weighted by atomic mass is 32.2. The van der Waals surface area contributed by atoms with E-state index in [-0.39, 0.29) is 19.6 Å². The highest BCUT2D eigenvalue weighted by molar-refractivity contribution is 7.89. The molecule has 0 atom stereocenters. The zero-order chi connectivity index (χ0) is 17.7. The minimum atomic E-state index is -4.19. The van der Waals surface area contributed by atoms with E-state index in [4.69, 9.17) is 5.73 Å². The molecule has 0 saturated heterocycles. The average Bonchev–Trinajstić information content (AvgIpc) is 2.56. The Labute approximate surface area is 138 Å². The SMILES string of the molecule is NCCN(CCc1ccccc1)S(=O)(=O)c1cc(F)c(F)c(F)c1. The van der Waals surface area contributed by atoms with Crippen molar-refractivity contribution < 1.29 is 21.6 Å². The van der Waals surface area contributed by atoms with E-state index >= 15 is 0 Å². The van der Waals surface area contributed by atoms with E-state index in [1.807, 2.05) is 30.3 Å². The second-order valence-electron chi connectivity index (χ2n) is 5.13. The second-order valence-corrected chi connectivity index (χ2v) is 7.07. The first-order valence-corrected chi connectivity index (χ1v) is 8.69. The maximum absolute atomic E-state index is 13.3. The quantitative estimate of drug-likeness (QED) is 0.773. The number of halogens is 3. The molecule has 24 heavy (non-hydrogen) atoms. The zero-order valence-corrected chi connectivity index (χ0v) is 13.6. The van der Waals surface area contributed by atoms with Gasteiger partial charge in [-0.15, -0.1) is 0 Å². The van der Waals surface area contributed by atoms with Crippen molar-refractivity contribution in [3.05, 3.63) is 65.5 Å². The first kappa shape index (κ1) is 18.4. The summed E-state index contributed by atoms with van der Waals surface area (Å²) in [6.45, 7) is 0.111. The zero-order valence-electron chi connectivity index (χ0n) is 12.8. The lowest BCUT2D eigenvalue weighted by Crippen LogP contribution is -2.37. The Balaban J connectivity index is 2.28. The summed E-state index contributed by atoms with van der Waals surface area (Å²) < 4.78 is 65.9. The third kappa shape index (κ3) is 4.14. The minimum absolute atomic E-state index is 0.0181. The molecule has 0 aliphatic rings. The lowest BCUT2D eigenvalue weighted by Gasteiger charge is -2.21. The van der Waals surface area contributed by atoms with Crippen LogP contribution in [0.15, 0.2) is 47.4 Å². The van der Waals surface area contributed by atoms with Crippen molar-refractivity contribution in [1.82, 2.24) is 4.31 Å². The molecule has 4 nitrogen and oxygen atoms in total. The van der Waals surface area contributed by atoms with Gasteiger partial charge in [-0.1, -0.05) is 30.3 Å². The van der Waals surface area contributed by atoms with Crippen LogP contribution in [0.5, 0.6) is 0 Å². The van der Waals surface area contributed by atoms with Gasteiger partial charge in [-0.3, -0.25) is 0 Å². The Hall–Kier alpha value is -1.90. The van der Waals surface area contributed by atoms with Crippen molar-refractivity contribution in [2.75, 3.05) is 19.6 Å². The van der Waals surface area contributed by atoms with Crippen LogP contribution in [0.2, 0.25) is 0 Å². The van der Waals surface area contributed by atoms with E-state index in [1.165, 1.54) is 0 Å². The fourth-order valence-corrected chi connectivity index (χ4v) is 3.71. The second kappa shape index (κ2) is 7.78. The van der Waals surface area contributed by atoms with E-state index < -0.39 is 32.4 Å². The van der Waals surface area contributed by atoms with Gasteiger partial charge >= 0.3 is 0 Å². The van der Waals surface area contributed by atoms with Crippen molar-refractivity contribution in [2.45, 2.75) is 11.3 Å². The molecule has 0 unspecified atom stereocenters. The predicted molar refractivity (Wildman–Crippen MR) is 84.3 cm³/mol. The van der Waals surface area contributed by atoms with Crippen LogP contribution in [0.1, 0.15) is 5.56 Å². The van der Waals surface area contributed by atoms with Gasteiger partial charge in [0.1, 0.15) is 0 Å². The number of nitrogens with zero attached hydrogens (tertiary/aromatic N) is 1. The van der Waals surface area contributed by atoms with E-state index in [1.54, 1.807) is 0 Å². The van der Waals surface area contributed by atoms with Gasteiger partial charge in [0, 0.05) is 19.6 Å². The Morgan fingerprint density at radius 2 is 1.54 bits per heavy atom. The first-order valence-electron chi connectivity index (χ1n) is 7.25. The Bertz CT molecular complexity index is 775. The summed E-state index contributed by atoms with van der Waals surface area (Å²) in [5.41, 5.74) is 6.35. The molecule has 0 amide bonds. The normalized spacial score (nSPS) is 11.9. The Morgan fingerprint density at radius 1 is 0.958 bits per heavy atom. The van der Waals surface area contributed by atoms with Crippen LogP contribution in [0.4, 0.5) is 13.2 Å². The highest BCUT2D eigenvalue weighted by Crippen LogP contribution is 2.21. The third-order valence-corrected chi connectivity index (χ3v) is 5.34. The first-order chi connectivity index (χ1) is 11.4. The number of rotatable bonds is 7. The largest absolute Gasteiger partial charge is 0.329 e. The monoisotopic (exact) mass is 358 g/mol. The van der Waals surface area contributed by atoms with Crippen molar-refractivity contribution in [3.63, 3.8) is 0 Å². The van der Waals surface area contributed by atoms with E-state index in [9.17, 15) is 21.6 Å². The lowest BCUT2D eigenvalue weighted by atomic mass is 10.1. The fraction of sp³-hybridized carbons (Fsp3) is 0.250. The molecule has 8 heteroatoms. The maximum atomic E-state index is 13.3. The predicted octanol–water partition coefficient (Wildman–Crippen LogP) is 2.30. The van der Waals surface area contributed by atoms with Crippen LogP contribution in [-0.4, -0.2) is 32.4 Å². The topological polar surface area (TPSA) is 63.4 Å². The summed E-state index contributed by atoms with van der Waals surface area (Å²) in [7, 11) is -4.19. The molecule has 2 aromatic rings. The van der Waals surface area contributed by atoms with Gasteiger partial charge in [-0.25, -0.2) is 21.6 Å². The van der Waals surface area contributed by atoms with Gasteiger partial charge < -0.3 is 5.73 Å². The van der Waals surface area contributed by atoms with E-state index in [2.05, 4.69) is 0 Å². The fourth-order valence-electron chi connectivity index (χ4n) is 2.22.